The molecule has 0 aliphatic rings. The van der Waals surface area contributed by atoms with E-state index in [0.717, 1.165) is 23.9 Å². The van der Waals surface area contributed by atoms with Crippen LogP contribution in [0.1, 0.15) is 6.92 Å². The van der Waals surface area contributed by atoms with Gasteiger partial charge in [-0.25, -0.2) is 19.0 Å². The topological polar surface area (TPSA) is 116 Å². The van der Waals surface area contributed by atoms with Crippen molar-refractivity contribution in [1.82, 2.24) is 19.7 Å². The largest absolute Gasteiger partial charge is 0.325 e. The Balaban J connectivity index is 1.54. The molecule has 1 amide bonds. The summed E-state index contributed by atoms with van der Waals surface area (Å²) in [4.78, 5) is 31.1. The first-order chi connectivity index (χ1) is 15.3. The van der Waals surface area contributed by atoms with E-state index in [9.17, 15) is 23.7 Å². The number of benzene rings is 2. The Labute approximate surface area is 183 Å². The number of carbonyl (C=O) groups excluding carboxylic acids is 1. The molecule has 0 saturated carbocycles. The fourth-order valence-electron chi connectivity index (χ4n) is 2.88. The zero-order valence-electron chi connectivity index (χ0n) is 16.4. The molecule has 12 heteroatoms. The summed E-state index contributed by atoms with van der Waals surface area (Å²) in [7, 11) is 0. The predicted octanol–water partition coefficient (Wildman–Crippen LogP) is 4.12. The van der Waals surface area contributed by atoms with Crippen LogP contribution in [0.5, 0.6) is 0 Å². The highest BCUT2D eigenvalue weighted by Gasteiger charge is 2.21. The van der Waals surface area contributed by atoms with Crippen molar-refractivity contribution in [2.75, 3.05) is 5.32 Å². The lowest BCUT2D eigenvalue weighted by Crippen LogP contribution is -2.22. The second-order valence-corrected chi connectivity index (χ2v) is 7.95. The van der Waals surface area contributed by atoms with Crippen LogP contribution in [0.2, 0.25) is 0 Å². The van der Waals surface area contributed by atoms with Gasteiger partial charge in [-0.2, -0.15) is 9.49 Å². The molecular formula is C20H14F2N6O3S. The van der Waals surface area contributed by atoms with E-state index in [1.807, 2.05) is 0 Å². The second kappa shape index (κ2) is 8.67. The molecule has 0 radical (unpaired) electrons. The van der Waals surface area contributed by atoms with Crippen molar-refractivity contribution in [2.24, 2.45) is 0 Å². The molecule has 0 aliphatic carbocycles. The quantitative estimate of drug-likeness (QED) is 0.201. The smallest absolute Gasteiger partial charge is 0.306 e. The Kier molecular flexibility index (Phi) is 5.77. The molecule has 0 spiro atoms. The first kappa shape index (κ1) is 21.3. The standard InChI is InChI=1S/C20H14F2N6O3S/c1-11(19(29)26-13-4-7-16(22)17(8-13)28(30)31)32-20-15-9-25-27(18(15)23-10-24-20)14-5-2-12(21)3-6-14/h2-11H,1H3,(H,26,29). The van der Waals surface area contributed by atoms with Crippen molar-refractivity contribution in [3.8, 4) is 5.69 Å². The Morgan fingerprint density at radius 2 is 1.94 bits per heavy atom. The molecule has 4 aromatic rings. The van der Waals surface area contributed by atoms with Gasteiger partial charge < -0.3 is 5.32 Å². The Hall–Kier alpha value is -3.93. The summed E-state index contributed by atoms with van der Waals surface area (Å²) in [5.41, 5.74) is 0.469. The van der Waals surface area contributed by atoms with Gasteiger partial charge in [0.25, 0.3) is 0 Å². The average molecular weight is 456 g/mol. The van der Waals surface area contributed by atoms with Crippen molar-refractivity contribution in [3.05, 3.63) is 76.7 Å². The molecule has 9 nitrogen and oxygen atoms in total. The van der Waals surface area contributed by atoms with Crippen LogP contribution in [0.15, 0.2) is 60.0 Å². The number of rotatable bonds is 6. The molecule has 2 aromatic heterocycles. The van der Waals surface area contributed by atoms with E-state index in [4.69, 9.17) is 0 Å². The summed E-state index contributed by atoms with van der Waals surface area (Å²) in [5.74, 6) is -1.81. The number of aromatic nitrogens is 4. The van der Waals surface area contributed by atoms with Gasteiger partial charge in [0.1, 0.15) is 17.2 Å². The zero-order chi connectivity index (χ0) is 22.8. The lowest BCUT2D eigenvalue weighted by atomic mass is 10.2. The number of nitro groups is 1. The number of fused-ring (bicyclic) bond motifs is 1. The normalized spacial score (nSPS) is 12.0. The van der Waals surface area contributed by atoms with Crippen molar-refractivity contribution in [1.29, 1.82) is 0 Å². The molecular weight excluding hydrogens is 442 g/mol. The zero-order valence-corrected chi connectivity index (χ0v) is 17.2. The third-order valence-corrected chi connectivity index (χ3v) is 5.58. The average Bonchev–Trinajstić information content (AvgIpc) is 3.20. The monoisotopic (exact) mass is 456 g/mol. The summed E-state index contributed by atoms with van der Waals surface area (Å²) in [5, 5.41) is 18.2. The number of nitro benzene ring substituents is 1. The van der Waals surface area contributed by atoms with Gasteiger partial charge in [-0.1, -0.05) is 11.8 Å². The van der Waals surface area contributed by atoms with E-state index < -0.39 is 27.6 Å². The van der Waals surface area contributed by atoms with Crippen LogP contribution in [0, 0.1) is 21.7 Å². The molecule has 0 bridgehead atoms. The van der Waals surface area contributed by atoms with Crippen molar-refractivity contribution < 1.29 is 18.5 Å². The first-order valence-electron chi connectivity index (χ1n) is 9.19. The number of thioether (sulfide) groups is 1. The summed E-state index contributed by atoms with van der Waals surface area (Å²) in [6.45, 7) is 1.64. The molecule has 0 fully saturated rings. The van der Waals surface area contributed by atoms with Crippen molar-refractivity contribution in [3.63, 3.8) is 0 Å². The first-order valence-corrected chi connectivity index (χ1v) is 10.1. The number of anilines is 1. The van der Waals surface area contributed by atoms with Gasteiger partial charge in [0.2, 0.25) is 11.7 Å². The summed E-state index contributed by atoms with van der Waals surface area (Å²) < 4.78 is 28.2. The maximum absolute atomic E-state index is 13.5. The fourth-order valence-corrected chi connectivity index (χ4v) is 3.76. The highest BCUT2D eigenvalue weighted by molar-refractivity contribution is 8.00. The van der Waals surface area contributed by atoms with E-state index >= 15 is 0 Å². The highest BCUT2D eigenvalue weighted by Crippen LogP contribution is 2.30. The highest BCUT2D eigenvalue weighted by atomic mass is 32.2. The summed E-state index contributed by atoms with van der Waals surface area (Å²) >= 11 is 1.14. The number of nitrogens with one attached hydrogen (secondary N) is 1. The predicted molar refractivity (Wildman–Crippen MR) is 114 cm³/mol. The molecule has 1 unspecified atom stereocenters. The van der Waals surface area contributed by atoms with Crippen LogP contribution >= 0.6 is 11.8 Å². The van der Waals surface area contributed by atoms with E-state index in [0.29, 0.717) is 21.7 Å². The maximum Gasteiger partial charge on any atom is 0.306 e. The molecule has 32 heavy (non-hydrogen) atoms. The molecule has 2 heterocycles. The van der Waals surface area contributed by atoms with E-state index in [2.05, 4.69) is 20.4 Å². The second-order valence-electron chi connectivity index (χ2n) is 6.62. The van der Waals surface area contributed by atoms with Crippen LogP contribution in [-0.2, 0) is 4.79 Å². The Morgan fingerprint density at radius 1 is 1.19 bits per heavy atom. The lowest BCUT2D eigenvalue weighted by Gasteiger charge is -2.12. The number of hydrogen-bond donors (Lipinski definition) is 1. The summed E-state index contributed by atoms with van der Waals surface area (Å²) in [6.07, 6.45) is 2.88. The number of amides is 1. The number of halogens is 2. The van der Waals surface area contributed by atoms with E-state index in [1.54, 1.807) is 25.3 Å². The molecule has 2 aromatic carbocycles. The van der Waals surface area contributed by atoms with E-state index in [-0.39, 0.29) is 11.5 Å². The summed E-state index contributed by atoms with van der Waals surface area (Å²) in [6, 6.07) is 8.87. The molecule has 4 rings (SSSR count). The Bertz CT molecular complexity index is 1330. The van der Waals surface area contributed by atoms with Crippen LogP contribution in [-0.4, -0.2) is 35.8 Å². The minimum Gasteiger partial charge on any atom is -0.325 e. The van der Waals surface area contributed by atoms with Crippen molar-refractivity contribution in [2.45, 2.75) is 17.2 Å². The van der Waals surface area contributed by atoms with Gasteiger partial charge in [0, 0.05) is 11.8 Å². The number of carbonyl (C=O) groups is 1. The number of hydrogen-bond acceptors (Lipinski definition) is 7. The molecule has 0 aliphatic heterocycles. The molecule has 162 valence electrons. The fraction of sp³-hybridized carbons (Fsp3) is 0.100. The van der Waals surface area contributed by atoms with Crippen LogP contribution in [0.4, 0.5) is 20.2 Å². The van der Waals surface area contributed by atoms with Gasteiger partial charge in [-0.15, -0.1) is 0 Å². The van der Waals surface area contributed by atoms with Gasteiger partial charge in [-0.3, -0.25) is 14.9 Å². The molecule has 1 N–H and O–H groups in total. The minimum atomic E-state index is -0.989. The van der Waals surface area contributed by atoms with E-state index in [1.165, 1.54) is 29.2 Å². The number of nitrogens with zero attached hydrogens (tertiary/aromatic N) is 5. The van der Waals surface area contributed by atoms with Crippen LogP contribution < -0.4 is 5.32 Å². The molecule has 0 saturated heterocycles. The third-order valence-electron chi connectivity index (χ3n) is 4.47. The molecule has 1 atom stereocenters. The van der Waals surface area contributed by atoms with Gasteiger partial charge in [-0.05, 0) is 43.3 Å². The minimum absolute atomic E-state index is 0.104. The van der Waals surface area contributed by atoms with Crippen LogP contribution in [0.3, 0.4) is 0 Å². The van der Waals surface area contributed by atoms with Gasteiger partial charge in [0.15, 0.2) is 5.65 Å². The van der Waals surface area contributed by atoms with Crippen molar-refractivity contribution >= 4 is 40.1 Å². The SMILES string of the molecule is CC(Sc1ncnc2c1cnn2-c1ccc(F)cc1)C(=O)Nc1ccc(F)c([N+](=O)[O-])c1. The lowest BCUT2D eigenvalue weighted by molar-refractivity contribution is -0.387. The Morgan fingerprint density at radius 3 is 2.66 bits per heavy atom. The van der Waals surface area contributed by atoms with Crippen LogP contribution in [0.25, 0.3) is 16.7 Å². The third kappa shape index (κ3) is 4.25. The van der Waals surface area contributed by atoms with Gasteiger partial charge in [0.05, 0.1) is 27.4 Å². The maximum atomic E-state index is 13.5. The van der Waals surface area contributed by atoms with Gasteiger partial charge >= 0.3 is 5.69 Å².